The van der Waals surface area contributed by atoms with Crippen LogP contribution in [-0.4, -0.2) is 5.97 Å². The van der Waals surface area contributed by atoms with Crippen molar-refractivity contribution in [3.05, 3.63) is 35.9 Å². The number of nitriles is 1. The third-order valence-corrected chi connectivity index (χ3v) is 1.48. The second kappa shape index (κ2) is 5.00. The lowest BCUT2D eigenvalue weighted by atomic mass is 10.1. The standard InChI is InChI=1S/C10H9NO3/c1-8(12)13-14-10(7-11)9-5-3-2-4-6-9/h2-6,10H,1H3. The molecule has 0 aliphatic rings. The van der Waals surface area contributed by atoms with E-state index in [0.29, 0.717) is 5.56 Å². The van der Waals surface area contributed by atoms with Crippen molar-refractivity contribution in [1.29, 1.82) is 5.26 Å². The Kier molecular flexibility index (Phi) is 3.65. The first-order valence-electron chi connectivity index (χ1n) is 4.02. The van der Waals surface area contributed by atoms with Gasteiger partial charge in [0.15, 0.2) is 0 Å². The van der Waals surface area contributed by atoms with Gasteiger partial charge in [0.05, 0.1) is 0 Å². The summed E-state index contributed by atoms with van der Waals surface area (Å²) >= 11 is 0. The second-order valence-electron chi connectivity index (χ2n) is 2.59. The Hall–Kier alpha value is -1.86. The van der Waals surface area contributed by atoms with Crippen LogP contribution in [0.3, 0.4) is 0 Å². The van der Waals surface area contributed by atoms with Crippen LogP contribution in [0.5, 0.6) is 0 Å². The molecule has 0 radical (unpaired) electrons. The van der Waals surface area contributed by atoms with Gasteiger partial charge < -0.3 is 0 Å². The van der Waals surface area contributed by atoms with Crippen molar-refractivity contribution in [3.63, 3.8) is 0 Å². The van der Waals surface area contributed by atoms with E-state index in [9.17, 15) is 4.79 Å². The molecule has 1 rings (SSSR count). The SMILES string of the molecule is CC(=O)OOC(C#N)c1ccccc1. The molecule has 0 amide bonds. The smallest absolute Gasteiger partial charge is 0.297 e. The average molecular weight is 191 g/mol. The summed E-state index contributed by atoms with van der Waals surface area (Å²) in [4.78, 5) is 19.4. The van der Waals surface area contributed by atoms with Crippen LogP contribution in [0.15, 0.2) is 30.3 Å². The molecule has 1 unspecified atom stereocenters. The fourth-order valence-corrected chi connectivity index (χ4v) is 0.895. The molecule has 4 heteroatoms. The van der Waals surface area contributed by atoms with Gasteiger partial charge in [0.25, 0.3) is 0 Å². The molecule has 0 aromatic heterocycles. The van der Waals surface area contributed by atoms with E-state index < -0.39 is 12.1 Å². The molecule has 0 saturated carbocycles. The van der Waals surface area contributed by atoms with Crippen molar-refractivity contribution in [2.24, 2.45) is 0 Å². The molecule has 1 aromatic carbocycles. The molecule has 4 nitrogen and oxygen atoms in total. The summed E-state index contributed by atoms with van der Waals surface area (Å²) in [5, 5.41) is 8.73. The molecular formula is C10H9NO3. The Labute approximate surface area is 81.6 Å². The Bertz CT molecular complexity index is 342. The van der Waals surface area contributed by atoms with Gasteiger partial charge >= 0.3 is 5.97 Å². The predicted octanol–water partition coefficient (Wildman–Crippen LogP) is 1.75. The number of carbonyl (C=O) groups is 1. The average Bonchev–Trinajstić information content (AvgIpc) is 2.20. The maximum absolute atomic E-state index is 10.4. The fraction of sp³-hybridized carbons (Fsp3) is 0.200. The number of hydrogen-bond donors (Lipinski definition) is 0. The predicted molar refractivity (Wildman–Crippen MR) is 47.6 cm³/mol. The lowest BCUT2D eigenvalue weighted by Gasteiger charge is -2.07. The zero-order valence-electron chi connectivity index (χ0n) is 7.64. The largest absolute Gasteiger partial charge is 0.339 e. The minimum Gasteiger partial charge on any atom is -0.297 e. The minimum atomic E-state index is -0.875. The molecule has 0 spiro atoms. The third-order valence-electron chi connectivity index (χ3n) is 1.48. The van der Waals surface area contributed by atoms with E-state index in [2.05, 4.69) is 9.78 Å². The van der Waals surface area contributed by atoms with Crippen molar-refractivity contribution >= 4 is 5.97 Å². The van der Waals surface area contributed by atoms with Crippen LogP contribution >= 0.6 is 0 Å². The van der Waals surface area contributed by atoms with Crippen molar-refractivity contribution < 1.29 is 14.6 Å². The van der Waals surface area contributed by atoms with E-state index in [1.165, 1.54) is 6.92 Å². The molecular weight excluding hydrogens is 182 g/mol. The first kappa shape index (κ1) is 10.2. The third kappa shape index (κ3) is 2.88. The highest BCUT2D eigenvalue weighted by Crippen LogP contribution is 2.15. The van der Waals surface area contributed by atoms with Gasteiger partial charge in [0.2, 0.25) is 6.10 Å². The Morgan fingerprint density at radius 1 is 1.43 bits per heavy atom. The maximum atomic E-state index is 10.4. The van der Waals surface area contributed by atoms with Gasteiger partial charge in [-0.05, 0) is 5.56 Å². The highest BCUT2D eigenvalue weighted by Gasteiger charge is 2.12. The van der Waals surface area contributed by atoms with E-state index in [1.807, 2.05) is 12.1 Å². The normalized spacial score (nSPS) is 11.4. The summed E-state index contributed by atoms with van der Waals surface area (Å²) in [6.45, 7) is 1.21. The fourth-order valence-electron chi connectivity index (χ4n) is 0.895. The monoisotopic (exact) mass is 191 g/mol. The molecule has 0 fully saturated rings. The van der Waals surface area contributed by atoms with Crippen molar-refractivity contribution in [1.82, 2.24) is 0 Å². The van der Waals surface area contributed by atoms with E-state index in [-0.39, 0.29) is 0 Å². The zero-order chi connectivity index (χ0) is 10.4. The minimum absolute atomic E-state index is 0.582. The summed E-state index contributed by atoms with van der Waals surface area (Å²) < 4.78 is 0. The van der Waals surface area contributed by atoms with Crippen LogP contribution in [0.1, 0.15) is 18.6 Å². The summed E-state index contributed by atoms with van der Waals surface area (Å²) in [6, 6.07) is 10.7. The van der Waals surface area contributed by atoms with Gasteiger partial charge in [-0.15, -0.1) is 0 Å². The Morgan fingerprint density at radius 2 is 2.07 bits per heavy atom. The first-order chi connectivity index (χ1) is 6.74. The van der Waals surface area contributed by atoms with E-state index >= 15 is 0 Å². The van der Waals surface area contributed by atoms with Crippen LogP contribution in [0, 0.1) is 11.3 Å². The van der Waals surface area contributed by atoms with E-state index in [1.54, 1.807) is 24.3 Å². The van der Waals surface area contributed by atoms with E-state index in [4.69, 9.17) is 5.26 Å². The molecule has 0 aliphatic carbocycles. The van der Waals surface area contributed by atoms with Crippen molar-refractivity contribution in [2.75, 3.05) is 0 Å². The van der Waals surface area contributed by atoms with Gasteiger partial charge in [-0.1, -0.05) is 30.3 Å². The number of hydrogen-bond acceptors (Lipinski definition) is 4. The molecule has 0 heterocycles. The molecule has 1 atom stereocenters. The zero-order valence-corrected chi connectivity index (χ0v) is 7.64. The summed E-state index contributed by atoms with van der Waals surface area (Å²) in [5.41, 5.74) is 0.649. The van der Waals surface area contributed by atoms with Crippen LogP contribution in [-0.2, 0) is 14.6 Å². The van der Waals surface area contributed by atoms with Gasteiger partial charge in [0.1, 0.15) is 6.07 Å². The van der Waals surface area contributed by atoms with Crippen LogP contribution in [0.25, 0.3) is 0 Å². The Morgan fingerprint density at radius 3 is 2.57 bits per heavy atom. The molecule has 1 aromatic rings. The first-order valence-corrected chi connectivity index (χ1v) is 4.02. The van der Waals surface area contributed by atoms with Crippen LogP contribution in [0.4, 0.5) is 0 Å². The summed E-state index contributed by atoms with van der Waals surface area (Å²) in [5.74, 6) is -0.582. The number of rotatable bonds is 3. The molecule has 0 N–H and O–H groups in total. The molecule has 0 saturated heterocycles. The van der Waals surface area contributed by atoms with Gasteiger partial charge in [0, 0.05) is 6.92 Å². The van der Waals surface area contributed by atoms with Crippen LogP contribution < -0.4 is 0 Å². The lowest BCUT2D eigenvalue weighted by Crippen LogP contribution is -2.06. The summed E-state index contributed by atoms with van der Waals surface area (Å²) in [6.07, 6.45) is -0.875. The number of benzene rings is 1. The maximum Gasteiger partial charge on any atom is 0.339 e. The van der Waals surface area contributed by atoms with Crippen molar-refractivity contribution in [3.8, 4) is 6.07 Å². The lowest BCUT2D eigenvalue weighted by molar-refractivity contribution is -0.287. The number of nitrogens with zero attached hydrogens (tertiary/aromatic N) is 1. The molecule has 0 bridgehead atoms. The molecule has 0 aliphatic heterocycles. The molecule has 72 valence electrons. The quantitative estimate of drug-likeness (QED) is 0.539. The van der Waals surface area contributed by atoms with Gasteiger partial charge in [-0.25, -0.2) is 4.79 Å². The van der Waals surface area contributed by atoms with Gasteiger partial charge in [-0.3, -0.25) is 4.89 Å². The Balaban J connectivity index is 2.65. The second-order valence-corrected chi connectivity index (χ2v) is 2.59. The topological polar surface area (TPSA) is 59.3 Å². The summed E-state index contributed by atoms with van der Waals surface area (Å²) in [7, 11) is 0. The van der Waals surface area contributed by atoms with Crippen molar-refractivity contribution in [2.45, 2.75) is 13.0 Å². The van der Waals surface area contributed by atoms with Gasteiger partial charge in [-0.2, -0.15) is 10.1 Å². The highest BCUT2D eigenvalue weighted by molar-refractivity contribution is 5.65. The highest BCUT2D eigenvalue weighted by atomic mass is 17.2. The van der Waals surface area contributed by atoms with Crippen LogP contribution in [0.2, 0.25) is 0 Å². The van der Waals surface area contributed by atoms with E-state index in [0.717, 1.165) is 0 Å². The number of carbonyl (C=O) groups excluding carboxylic acids is 1. The molecule has 14 heavy (non-hydrogen) atoms.